The summed E-state index contributed by atoms with van der Waals surface area (Å²) in [5, 5.41) is 7.95. The molecule has 1 atom stereocenters. The molecule has 1 aliphatic carbocycles. The van der Waals surface area contributed by atoms with Crippen LogP contribution in [0.2, 0.25) is 0 Å². The van der Waals surface area contributed by atoms with Crippen LogP contribution in [0.5, 0.6) is 5.75 Å². The zero-order valence-corrected chi connectivity index (χ0v) is 9.29. The van der Waals surface area contributed by atoms with Gasteiger partial charge in [0.1, 0.15) is 5.75 Å². The van der Waals surface area contributed by atoms with Gasteiger partial charge in [-0.15, -0.1) is 0 Å². The zero-order valence-electron chi connectivity index (χ0n) is 8.47. The topological polar surface area (TPSA) is 46.5 Å². The number of hydrogen-bond donors (Lipinski definition) is 1. The van der Waals surface area contributed by atoms with Crippen molar-refractivity contribution in [2.24, 2.45) is 0 Å². The maximum Gasteiger partial charge on any atom is 0.365 e. The molecule has 0 radical (unpaired) electrons. The number of hydrogen-bond acceptors (Lipinski definition) is 3. The monoisotopic (exact) mass is 234 g/mol. The molecule has 0 saturated heterocycles. The molecule has 0 bridgehead atoms. The van der Waals surface area contributed by atoms with E-state index in [1.54, 1.807) is 0 Å². The first-order valence-corrected chi connectivity index (χ1v) is 6.00. The van der Waals surface area contributed by atoms with Crippen LogP contribution in [0.3, 0.4) is 0 Å². The molecule has 1 N–H and O–H groups in total. The van der Waals surface area contributed by atoms with E-state index >= 15 is 0 Å². The number of fused-ring (bicyclic) bond motifs is 3. The molecule has 0 amide bonds. The smallest absolute Gasteiger partial charge is 0.365 e. The van der Waals surface area contributed by atoms with Crippen LogP contribution in [0.1, 0.15) is 21.9 Å². The van der Waals surface area contributed by atoms with E-state index < -0.39 is 5.30 Å². The van der Waals surface area contributed by atoms with Gasteiger partial charge in [0.15, 0.2) is 0 Å². The average Bonchev–Trinajstić information content (AvgIpc) is 2.82. The molecule has 1 aromatic carbocycles. The number of carboxylic acid groups (broad SMARTS) is 1. The van der Waals surface area contributed by atoms with Gasteiger partial charge in [0, 0.05) is 12.0 Å². The average molecular weight is 234 g/mol. The molecule has 1 aromatic rings. The Morgan fingerprint density at radius 3 is 3.19 bits per heavy atom. The van der Waals surface area contributed by atoms with Gasteiger partial charge >= 0.3 is 5.30 Å². The molecule has 16 heavy (non-hydrogen) atoms. The highest BCUT2D eigenvalue weighted by Crippen LogP contribution is 2.44. The summed E-state index contributed by atoms with van der Waals surface area (Å²) in [6, 6.07) is 3.97. The van der Waals surface area contributed by atoms with E-state index in [4.69, 9.17) is 9.84 Å². The number of ether oxygens (including phenoxy) is 1. The summed E-state index contributed by atoms with van der Waals surface area (Å²) in [7, 11) is 0. The molecule has 0 saturated carbocycles. The lowest BCUT2D eigenvalue weighted by Gasteiger charge is -2.11. The van der Waals surface area contributed by atoms with Crippen molar-refractivity contribution in [3.05, 3.63) is 34.9 Å². The lowest BCUT2D eigenvalue weighted by Crippen LogP contribution is -1.97. The van der Waals surface area contributed by atoms with Crippen molar-refractivity contribution < 1.29 is 14.6 Å². The number of carbonyl (C=O) groups is 1. The van der Waals surface area contributed by atoms with E-state index in [9.17, 15) is 4.79 Å². The fourth-order valence-electron chi connectivity index (χ4n) is 2.29. The van der Waals surface area contributed by atoms with Gasteiger partial charge in [-0.25, -0.2) is 4.79 Å². The van der Waals surface area contributed by atoms with Crippen LogP contribution in [0.15, 0.2) is 18.2 Å². The summed E-state index contributed by atoms with van der Waals surface area (Å²) in [5.41, 5.74) is 3.44. The normalized spacial score (nSPS) is 20.4. The van der Waals surface area contributed by atoms with Crippen LogP contribution < -0.4 is 4.74 Å². The quantitative estimate of drug-likeness (QED) is 0.811. The molecule has 1 unspecified atom stereocenters. The predicted octanol–water partition coefficient (Wildman–Crippen LogP) is 3.10. The zero-order chi connectivity index (χ0) is 11.1. The first-order valence-electron chi connectivity index (χ1n) is 5.12. The maximum absolute atomic E-state index is 10.8. The Morgan fingerprint density at radius 2 is 2.38 bits per heavy atom. The third-order valence-electron chi connectivity index (χ3n) is 2.92. The minimum atomic E-state index is -0.834. The van der Waals surface area contributed by atoms with Crippen molar-refractivity contribution in [2.75, 3.05) is 6.61 Å². The Kier molecular flexibility index (Phi) is 2.17. The van der Waals surface area contributed by atoms with E-state index in [1.807, 2.05) is 24.3 Å². The molecule has 3 rings (SSSR count). The molecule has 1 aliphatic heterocycles. The predicted molar refractivity (Wildman–Crippen MR) is 63.0 cm³/mol. The van der Waals surface area contributed by atoms with E-state index in [2.05, 4.69) is 0 Å². The molecule has 82 valence electrons. The highest BCUT2D eigenvalue weighted by Gasteiger charge is 2.27. The first-order chi connectivity index (χ1) is 7.75. The summed E-state index contributed by atoms with van der Waals surface area (Å²) >= 11 is 0.945. The summed E-state index contributed by atoms with van der Waals surface area (Å²) in [6.07, 6.45) is 4.83. The SMILES string of the molecule is O=C(O)SC1C=Cc2ccc3c(c21)CCO3. The number of rotatable bonds is 1. The molecule has 3 nitrogen and oxygen atoms in total. The van der Waals surface area contributed by atoms with Crippen molar-refractivity contribution in [1.82, 2.24) is 0 Å². The van der Waals surface area contributed by atoms with Gasteiger partial charge in [-0.2, -0.15) is 0 Å². The largest absolute Gasteiger partial charge is 0.493 e. The summed E-state index contributed by atoms with van der Waals surface area (Å²) < 4.78 is 5.49. The second-order valence-corrected chi connectivity index (χ2v) is 4.90. The van der Waals surface area contributed by atoms with Crippen LogP contribution in [0.25, 0.3) is 6.08 Å². The van der Waals surface area contributed by atoms with Crippen LogP contribution >= 0.6 is 11.8 Å². The van der Waals surface area contributed by atoms with E-state index in [1.165, 1.54) is 5.56 Å². The van der Waals surface area contributed by atoms with Gasteiger partial charge < -0.3 is 9.84 Å². The molecule has 0 aromatic heterocycles. The summed E-state index contributed by atoms with van der Waals surface area (Å²) in [5.74, 6) is 0.915. The molecule has 0 fully saturated rings. The molecule has 4 heteroatoms. The molecule has 2 aliphatic rings. The Bertz CT molecular complexity index is 493. The van der Waals surface area contributed by atoms with Crippen LogP contribution in [-0.4, -0.2) is 17.0 Å². The van der Waals surface area contributed by atoms with Gasteiger partial charge in [-0.3, -0.25) is 0 Å². The van der Waals surface area contributed by atoms with Crippen LogP contribution in [0, 0.1) is 0 Å². The Hall–Kier alpha value is -1.42. The summed E-state index contributed by atoms with van der Waals surface area (Å²) in [6.45, 7) is 0.705. The van der Waals surface area contributed by atoms with Gasteiger partial charge in [0.05, 0.1) is 11.9 Å². The molecular formula is C12H10O3S. The first kappa shape index (κ1) is 9.78. The Labute approximate surface area is 97.1 Å². The van der Waals surface area contributed by atoms with Gasteiger partial charge in [0.2, 0.25) is 0 Å². The molecular weight excluding hydrogens is 224 g/mol. The van der Waals surface area contributed by atoms with E-state index in [0.29, 0.717) is 6.61 Å². The van der Waals surface area contributed by atoms with Crippen LogP contribution in [-0.2, 0) is 6.42 Å². The van der Waals surface area contributed by atoms with Gasteiger partial charge in [-0.05, 0) is 29.0 Å². The second kappa shape index (κ2) is 3.56. The lowest BCUT2D eigenvalue weighted by molar-refractivity contribution is 0.222. The highest BCUT2D eigenvalue weighted by atomic mass is 32.2. The third-order valence-corrected chi connectivity index (χ3v) is 3.77. The minimum absolute atomic E-state index is 0.0656. The van der Waals surface area contributed by atoms with E-state index in [0.717, 1.165) is 35.1 Å². The van der Waals surface area contributed by atoms with Gasteiger partial charge in [0.25, 0.3) is 0 Å². The highest BCUT2D eigenvalue weighted by molar-refractivity contribution is 8.13. The lowest BCUT2D eigenvalue weighted by atomic mass is 10.0. The summed E-state index contributed by atoms with van der Waals surface area (Å²) in [4.78, 5) is 10.8. The standard InChI is InChI=1S/C12H10O3S/c13-12(14)16-10-4-2-7-1-3-9-8(11(7)10)5-6-15-9/h1-4,10H,5-6H2,(H,13,14). The van der Waals surface area contributed by atoms with Crippen molar-refractivity contribution in [3.63, 3.8) is 0 Å². The van der Waals surface area contributed by atoms with Crippen molar-refractivity contribution in [1.29, 1.82) is 0 Å². The van der Waals surface area contributed by atoms with Gasteiger partial charge in [-0.1, -0.05) is 18.2 Å². The van der Waals surface area contributed by atoms with Crippen molar-refractivity contribution >= 4 is 23.1 Å². The second-order valence-electron chi connectivity index (χ2n) is 3.81. The minimum Gasteiger partial charge on any atom is -0.493 e. The van der Waals surface area contributed by atoms with Crippen molar-refractivity contribution in [3.8, 4) is 5.75 Å². The molecule has 1 heterocycles. The Balaban J connectivity index is 2.06. The van der Waals surface area contributed by atoms with Crippen molar-refractivity contribution in [2.45, 2.75) is 11.7 Å². The van der Waals surface area contributed by atoms with E-state index in [-0.39, 0.29) is 5.25 Å². The Morgan fingerprint density at radius 1 is 1.50 bits per heavy atom. The number of thioether (sulfide) groups is 1. The van der Waals surface area contributed by atoms with Crippen LogP contribution in [0.4, 0.5) is 4.79 Å². The molecule has 0 spiro atoms. The third kappa shape index (κ3) is 1.41. The number of benzene rings is 1. The fraction of sp³-hybridized carbons (Fsp3) is 0.250. The fourth-order valence-corrected chi connectivity index (χ4v) is 3.06. The maximum atomic E-state index is 10.8.